The fourth-order valence-corrected chi connectivity index (χ4v) is 3.01. The van der Waals surface area contributed by atoms with Crippen LogP contribution >= 0.6 is 31.9 Å². The molecule has 112 valence electrons. The van der Waals surface area contributed by atoms with Gasteiger partial charge in [-0.2, -0.15) is 8.78 Å². The number of imidazole rings is 1. The third-order valence-electron chi connectivity index (χ3n) is 2.55. The largest absolute Gasteiger partial charge is 0.483 e. The molecular weight excluding hydrogens is 418 g/mol. The molecule has 0 atom stereocenters. The number of hydrogen-bond acceptors (Lipinski definition) is 3. The Kier molecular flexibility index (Phi) is 4.94. The number of hydrogen-bond donors (Lipinski definition) is 1. The molecule has 0 saturated carbocycles. The van der Waals surface area contributed by atoms with Crippen LogP contribution in [0, 0.1) is 0 Å². The van der Waals surface area contributed by atoms with Gasteiger partial charge >= 0.3 is 12.5 Å². The van der Waals surface area contributed by atoms with E-state index in [-0.39, 0.29) is 18.0 Å². The average Bonchev–Trinajstić information content (AvgIpc) is 2.86. The van der Waals surface area contributed by atoms with Crippen LogP contribution in [0.2, 0.25) is 0 Å². The van der Waals surface area contributed by atoms with E-state index in [0.29, 0.717) is 19.3 Å². The third-order valence-corrected chi connectivity index (χ3v) is 3.73. The number of benzene rings is 1. The van der Waals surface area contributed by atoms with Gasteiger partial charge in [0.1, 0.15) is 12.4 Å². The van der Waals surface area contributed by atoms with Gasteiger partial charge in [0, 0.05) is 12.4 Å². The minimum Gasteiger partial charge on any atom is -0.483 e. The van der Waals surface area contributed by atoms with E-state index in [1.54, 1.807) is 0 Å². The van der Waals surface area contributed by atoms with Crippen LogP contribution in [-0.4, -0.2) is 20.6 Å². The predicted molar refractivity (Wildman–Crippen MR) is 76.6 cm³/mol. The van der Waals surface area contributed by atoms with Crippen LogP contribution in [-0.2, 0) is 6.61 Å². The van der Waals surface area contributed by atoms with Crippen LogP contribution in [0.5, 0.6) is 5.75 Å². The Morgan fingerprint density at radius 3 is 2.52 bits per heavy atom. The Hall–Kier alpha value is -1.48. The molecule has 0 amide bonds. The molecule has 0 fully saturated rings. The molecule has 1 aromatic carbocycles. The van der Waals surface area contributed by atoms with Crippen molar-refractivity contribution < 1.29 is 23.4 Å². The van der Waals surface area contributed by atoms with Gasteiger partial charge in [-0.15, -0.1) is 0 Å². The van der Waals surface area contributed by atoms with E-state index in [2.05, 4.69) is 36.8 Å². The number of aromatic carboxylic acids is 1. The van der Waals surface area contributed by atoms with Crippen molar-refractivity contribution >= 4 is 37.8 Å². The van der Waals surface area contributed by atoms with E-state index in [4.69, 9.17) is 9.84 Å². The summed E-state index contributed by atoms with van der Waals surface area (Å²) >= 11 is 6.37. The highest BCUT2D eigenvalue weighted by molar-refractivity contribution is 9.11. The first kappa shape index (κ1) is 15.9. The summed E-state index contributed by atoms with van der Waals surface area (Å²) in [5.41, 5.74) is 0.0650. The standard InChI is InChI=1S/C12H8Br2F2N2O3/c13-7-3-6(11(19)20)4-8(14)10(7)21-5-9-17-1-2-18(9)12(15)16/h1-4,12H,5H2,(H,19,20). The number of carboxylic acids is 1. The first-order valence-electron chi connectivity index (χ1n) is 5.55. The Morgan fingerprint density at radius 1 is 1.38 bits per heavy atom. The lowest BCUT2D eigenvalue weighted by Gasteiger charge is -2.12. The molecule has 1 aromatic heterocycles. The molecule has 5 nitrogen and oxygen atoms in total. The molecule has 0 aliphatic heterocycles. The number of alkyl halides is 2. The van der Waals surface area contributed by atoms with Crippen molar-refractivity contribution in [3.63, 3.8) is 0 Å². The molecule has 1 N–H and O–H groups in total. The maximum absolute atomic E-state index is 12.7. The SMILES string of the molecule is O=C(O)c1cc(Br)c(OCc2nccn2C(F)F)c(Br)c1. The number of ether oxygens (including phenoxy) is 1. The second-order valence-corrected chi connectivity index (χ2v) is 5.60. The first-order valence-corrected chi connectivity index (χ1v) is 7.13. The van der Waals surface area contributed by atoms with E-state index in [9.17, 15) is 13.6 Å². The molecule has 2 rings (SSSR count). The highest BCUT2D eigenvalue weighted by Crippen LogP contribution is 2.35. The Morgan fingerprint density at radius 2 is 2.00 bits per heavy atom. The second kappa shape index (κ2) is 6.52. The van der Waals surface area contributed by atoms with Crippen molar-refractivity contribution in [1.82, 2.24) is 9.55 Å². The molecular formula is C12H8Br2F2N2O3. The van der Waals surface area contributed by atoms with Gasteiger partial charge in [0.25, 0.3) is 0 Å². The van der Waals surface area contributed by atoms with Crippen LogP contribution in [0.15, 0.2) is 33.5 Å². The van der Waals surface area contributed by atoms with Gasteiger partial charge in [0.15, 0.2) is 5.82 Å². The van der Waals surface area contributed by atoms with Gasteiger partial charge in [-0.1, -0.05) is 0 Å². The number of nitrogens with zero attached hydrogens (tertiary/aromatic N) is 2. The summed E-state index contributed by atoms with van der Waals surface area (Å²) in [5.74, 6) is -0.717. The highest BCUT2D eigenvalue weighted by Gasteiger charge is 2.15. The van der Waals surface area contributed by atoms with Crippen LogP contribution in [0.1, 0.15) is 22.7 Å². The number of carbonyl (C=O) groups is 1. The van der Waals surface area contributed by atoms with E-state index < -0.39 is 12.5 Å². The number of halogens is 4. The number of rotatable bonds is 5. The zero-order valence-electron chi connectivity index (χ0n) is 10.3. The highest BCUT2D eigenvalue weighted by atomic mass is 79.9. The van der Waals surface area contributed by atoms with Crippen molar-refractivity contribution in [1.29, 1.82) is 0 Å². The Bertz CT molecular complexity index is 653. The Labute approximate surface area is 134 Å². The lowest BCUT2D eigenvalue weighted by molar-refractivity contribution is 0.0630. The van der Waals surface area contributed by atoms with E-state index in [1.165, 1.54) is 18.3 Å². The first-order chi connectivity index (χ1) is 9.90. The topological polar surface area (TPSA) is 64.3 Å². The van der Waals surface area contributed by atoms with Crippen molar-refractivity contribution in [3.8, 4) is 5.75 Å². The molecule has 0 spiro atoms. The van der Waals surface area contributed by atoms with Crippen LogP contribution in [0.4, 0.5) is 8.78 Å². The maximum atomic E-state index is 12.7. The van der Waals surface area contributed by atoms with E-state index >= 15 is 0 Å². The molecule has 21 heavy (non-hydrogen) atoms. The van der Waals surface area contributed by atoms with Crippen molar-refractivity contribution in [3.05, 3.63) is 44.9 Å². The molecule has 0 unspecified atom stereocenters. The van der Waals surface area contributed by atoms with E-state index in [1.807, 2.05) is 0 Å². The van der Waals surface area contributed by atoms with Gasteiger partial charge in [0.05, 0.1) is 14.5 Å². The van der Waals surface area contributed by atoms with Crippen molar-refractivity contribution in [2.75, 3.05) is 0 Å². The zero-order valence-corrected chi connectivity index (χ0v) is 13.4. The molecule has 0 aliphatic carbocycles. The molecule has 1 heterocycles. The molecule has 0 radical (unpaired) electrons. The summed E-state index contributed by atoms with van der Waals surface area (Å²) in [5, 5.41) is 8.92. The van der Waals surface area contributed by atoms with Crippen molar-refractivity contribution in [2.24, 2.45) is 0 Å². The summed E-state index contributed by atoms with van der Waals surface area (Å²) in [6, 6.07) is 2.73. The second-order valence-electron chi connectivity index (χ2n) is 3.89. The normalized spacial score (nSPS) is 10.9. The van der Waals surface area contributed by atoms with Crippen LogP contribution in [0.3, 0.4) is 0 Å². The van der Waals surface area contributed by atoms with Gasteiger partial charge in [0.2, 0.25) is 0 Å². The van der Waals surface area contributed by atoms with E-state index in [0.717, 1.165) is 6.20 Å². The third kappa shape index (κ3) is 3.59. The van der Waals surface area contributed by atoms with Crippen molar-refractivity contribution in [2.45, 2.75) is 13.2 Å². The minimum atomic E-state index is -2.70. The fraction of sp³-hybridized carbons (Fsp3) is 0.167. The molecule has 2 aromatic rings. The quantitative estimate of drug-likeness (QED) is 0.783. The summed E-state index contributed by atoms with van der Waals surface area (Å²) in [4.78, 5) is 14.7. The lowest BCUT2D eigenvalue weighted by atomic mass is 10.2. The van der Waals surface area contributed by atoms with Gasteiger partial charge in [-0.3, -0.25) is 4.57 Å². The predicted octanol–water partition coefficient (Wildman–Crippen LogP) is 4.08. The monoisotopic (exact) mass is 424 g/mol. The zero-order chi connectivity index (χ0) is 15.6. The summed E-state index contributed by atoms with van der Waals surface area (Å²) in [6.45, 7) is -2.88. The smallest absolute Gasteiger partial charge is 0.335 e. The summed E-state index contributed by atoms with van der Waals surface area (Å²) in [7, 11) is 0. The molecule has 0 saturated heterocycles. The maximum Gasteiger partial charge on any atom is 0.335 e. The Balaban J connectivity index is 2.20. The molecule has 9 heteroatoms. The van der Waals surface area contributed by atoms with Gasteiger partial charge < -0.3 is 9.84 Å². The van der Waals surface area contributed by atoms with Crippen LogP contribution in [0.25, 0.3) is 0 Å². The fourth-order valence-electron chi connectivity index (χ4n) is 1.59. The summed E-state index contributed by atoms with van der Waals surface area (Å²) in [6.07, 6.45) is 2.41. The van der Waals surface area contributed by atoms with Gasteiger partial charge in [-0.05, 0) is 44.0 Å². The van der Waals surface area contributed by atoms with Crippen LogP contribution < -0.4 is 4.74 Å². The number of aromatic nitrogens is 2. The lowest BCUT2D eigenvalue weighted by Crippen LogP contribution is -2.08. The minimum absolute atomic E-state index is 0.0612. The summed E-state index contributed by atoms with van der Waals surface area (Å²) < 4.78 is 32.2. The molecule has 0 aliphatic rings. The number of carboxylic acid groups (broad SMARTS) is 1. The molecule has 0 bridgehead atoms. The average molecular weight is 426 g/mol. The van der Waals surface area contributed by atoms with Gasteiger partial charge in [-0.25, -0.2) is 9.78 Å².